The molecule has 0 spiro atoms. The molecule has 3 aromatic heterocycles. The van der Waals surface area contributed by atoms with Gasteiger partial charge in [-0.25, -0.2) is 4.98 Å². The maximum absolute atomic E-state index is 13.0. The van der Waals surface area contributed by atoms with Gasteiger partial charge < -0.3 is 10.6 Å². The van der Waals surface area contributed by atoms with Gasteiger partial charge in [-0.05, 0) is 26.2 Å². The molecule has 2 atom stereocenters. The molecule has 2 N–H and O–H groups in total. The summed E-state index contributed by atoms with van der Waals surface area (Å²) in [5.41, 5.74) is 0.440. The topological polar surface area (TPSA) is 98.4 Å². The van der Waals surface area contributed by atoms with Crippen molar-refractivity contribution >= 4 is 17.5 Å². The van der Waals surface area contributed by atoms with E-state index in [2.05, 4.69) is 35.9 Å². The van der Waals surface area contributed by atoms with E-state index in [0.29, 0.717) is 11.4 Å². The minimum atomic E-state index is -4.53. The average molecular weight is 407 g/mol. The maximum Gasteiger partial charge on any atom is 0.421 e. The standard InChI is InChI=1S/C17H20F3N9/c1-10-14(25-16-22-8-13(17(18,19)20)15(21-2)26-16)9-28(27-10)11-3-4-12(7-11)29-23-5-6-24-29/h5-6,8-9,11-12H,3-4,7H2,1-2H3,(H2,21,22,25,26)/t11-,12-/m0/s1. The molecule has 29 heavy (non-hydrogen) atoms. The van der Waals surface area contributed by atoms with Crippen molar-refractivity contribution in [3.8, 4) is 0 Å². The molecule has 0 aliphatic heterocycles. The molecule has 0 radical (unpaired) electrons. The van der Waals surface area contributed by atoms with Crippen LogP contribution in [0.3, 0.4) is 0 Å². The zero-order valence-electron chi connectivity index (χ0n) is 15.8. The summed E-state index contributed by atoms with van der Waals surface area (Å²) in [7, 11) is 1.38. The number of halogens is 3. The second kappa shape index (κ2) is 7.33. The summed E-state index contributed by atoms with van der Waals surface area (Å²) in [6, 6.07) is 0.425. The first-order valence-electron chi connectivity index (χ1n) is 9.15. The van der Waals surface area contributed by atoms with Crippen LogP contribution >= 0.6 is 0 Å². The fourth-order valence-corrected chi connectivity index (χ4v) is 3.55. The number of anilines is 3. The highest BCUT2D eigenvalue weighted by Crippen LogP contribution is 2.38. The van der Waals surface area contributed by atoms with Gasteiger partial charge in [-0.3, -0.25) is 4.68 Å². The average Bonchev–Trinajstić information content (AvgIpc) is 3.41. The van der Waals surface area contributed by atoms with Crippen LogP contribution in [-0.4, -0.2) is 41.8 Å². The van der Waals surface area contributed by atoms with Crippen LogP contribution in [-0.2, 0) is 6.18 Å². The molecule has 0 saturated heterocycles. The monoisotopic (exact) mass is 407 g/mol. The SMILES string of the molecule is CNc1nc(Nc2cn([C@H]3CC[C@H](n4nccn4)C3)nc2C)ncc1C(F)(F)F. The third-order valence-corrected chi connectivity index (χ3v) is 5.01. The molecule has 9 nitrogen and oxygen atoms in total. The van der Waals surface area contributed by atoms with E-state index in [1.54, 1.807) is 17.2 Å². The van der Waals surface area contributed by atoms with E-state index in [9.17, 15) is 13.2 Å². The molecule has 4 rings (SSSR count). The molecule has 0 bridgehead atoms. The number of hydrogen-bond acceptors (Lipinski definition) is 7. The van der Waals surface area contributed by atoms with Crippen LogP contribution in [0.4, 0.5) is 30.6 Å². The predicted octanol–water partition coefficient (Wildman–Crippen LogP) is 3.34. The van der Waals surface area contributed by atoms with Gasteiger partial charge >= 0.3 is 6.18 Å². The Balaban J connectivity index is 1.50. The zero-order chi connectivity index (χ0) is 20.6. The minimum absolute atomic E-state index is 0.0649. The van der Waals surface area contributed by atoms with E-state index in [4.69, 9.17) is 0 Å². The number of alkyl halides is 3. The lowest BCUT2D eigenvalue weighted by atomic mass is 10.2. The molecule has 1 saturated carbocycles. The van der Waals surface area contributed by atoms with E-state index >= 15 is 0 Å². The lowest BCUT2D eigenvalue weighted by Gasteiger charge is -2.12. The van der Waals surface area contributed by atoms with E-state index in [-0.39, 0.29) is 23.8 Å². The molecule has 0 aromatic carbocycles. The number of nitrogens with one attached hydrogen (secondary N) is 2. The van der Waals surface area contributed by atoms with Crippen molar-refractivity contribution in [2.45, 2.75) is 44.4 Å². The van der Waals surface area contributed by atoms with Crippen LogP contribution in [0.1, 0.15) is 42.6 Å². The second-order valence-electron chi connectivity index (χ2n) is 6.91. The number of rotatable bonds is 5. The third kappa shape index (κ3) is 3.87. The Bertz CT molecular complexity index is 981. The number of hydrogen-bond donors (Lipinski definition) is 2. The first-order valence-corrected chi connectivity index (χ1v) is 9.15. The van der Waals surface area contributed by atoms with Crippen LogP contribution in [0.25, 0.3) is 0 Å². The molecule has 3 aromatic rings. The minimum Gasteiger partial charge on any atom is -0.372 e. The normalized spacial score (nSPS) is 19.5. The van der Waals surface area contributed by atoms with Crippen molar-refractivity contribution in [3.05, 3.63) is 36.0 Å². The Morgan fingerprint density at radius 3 is 2.55 bits per heavy atom. The van der Waals surface area contributed by atoms with E-state index in [1.807, 2.05) is 17.8 Å². The molecule has 12 heteroatoms. The molecular formula is C17H20F3N9. The third-order valence-electron chi connectivity index (χ3n) is 5.01. The molecule has 1 aliphatic carbocycles. The van der Waals surface area contributed by atoms with Crippen molar-refractivity contribution in [2.75, 3.05) is 17.7 Å². The lowest BCUT2D eigenvalue weighted by Crippen LogP contribution is -2.12. The molecule has 1 aliphatic rings. The summed E-state index contributed by atoms with van der Waals surface area (Å²) in [5, 5.41) is 18.4. The van der Waals surface area contributed by atoms with Crippen LogP contribution in [0.5, 0.6) is 0 Å². The van der Waals surface area contributed by atoms with Gasteiger partial charge in [-0.2, -0.15) is 38.2 Å². The van der Waals surface area contributed by atoms with Crippen LogP contribution < -0.4 is 10.6 Å². The van der Waals surface area contributed by atoms with E-state index in [1.165, 1.54) is 7.05 Å². The quantitative estimate of drug-likeness (QED) is 0.669. The molecule has 1 fully saturated rings. The van der Waals surface area contributed by atoms with Gasteiger partial charge in [0, 0.05) is 19.4 Å². The van der Waals surface area contributed by atoms with Gasteiger partial charge in [0.15, 0.2) is 0 Å². The second-order valence-corrected chi connectivity index (χ2v) is 6.91. The van der Waals surface area contributed by atoms with Gasteiger partial charge in [0.2, 0.25) is 5.95 Å². The Hall–Kier alpha value is -3.18. The number of nitrogens with zero attached hydrogens (tertiary/aromatic N) is 7. The molecule has 154 valence electrons. The maximum atomic E-state index is 13.0. The fraction of sp³-hybridized carbons (Fsp3) is 0.471. The largest absolute Gasteiger partial charge is 0.421 e. The lowest BCUT2D eigenvalue weighted by molar-refractivity contribution is -0.137. The summed E-state index contributed by atoms with van der Waals surface area (Å²) in [5.74, 6) is -0.222. The Morgan fingerprint density at radius 2 is 1.86 bits per heavy atom. The van der Waals surface area contributed by atoms with E-state index in [0.717, 1.165) is 25.5 Å². The molecule has 3 heterocycles. The summed E-state index contributed by atoms with van der Waals surface area (Å²) >= 11 is 0. The fourth-order valence-electron chi connectivity index (χ4n) is 3.55. The Kier molecular flexibility index (Phi) is 4.84. The highest BCUT2D eigenvalue weighted by molar-refractivity contribution is 5.57. The highest BCUT2D eigenvalue weighted by Gasteiger charge is 2.35. The zero-order valence-corrected chi connectivity index (χ0v) is 15.8. The van der Waals surface area contributed by atoms with Crippen LogP contribution in [0.15, 0.2) is 24.8 Å². The first-order chi connectivity index (χ1) is 13.8. The van der Waals surface area contributed by atoms with Crippen molar-refractivity contribution in [2.24, 2.45) is 0 Å². The van der Waals surface area contributed by atoms with Gasteiger partial charge in [-0.1, -0.05) is 0 Å². The first kappa shape index (κ1) is 19.2. The highest BCUT2D eigenvalue weighted by atomic mass is 19.4. The van der Waals surface area contributed by atoms with Crippen LogP contribution in [0.2, 0.25) is 0 Å². The van der Waals surface area contributed by atoms with Gasteiger partial charge in [0.25, 0.3) is 0 Å². The number of aryl methyl sites for hydroxylation is 1. The molecule has 0 amide bonds. The smallest absolute Gasteiger partial charge is 0.372 e. The molecule has 0 unspecified atom stereocenters. The summed E-state index contributed by atoms with van der Waals surface area (Å²) in [4.78, 5) is 9.47. The predicted molar refractivity (Wildman–Crippen MR) is 98.8 cm³/mol. The van der Waals surface area contributed by atoms with Gasteiger partial charge in [-0.15, -0.1) is 0 Å². The van der Waals surface area contributed by atoms with Gasteiger partial charge in [0.05, 0.1) is 35.9 Å². The number of aromatic nitrogens is 7. The van der Waals surface area contributed by atoms with Crippen molar-refractivity contribution in [1.29, 1.82) is 0 Å². The molecular weight excluding hydrogens is 387 g/mol. The Labute approximate surface area is 164 Å². The van der Waals surface area contributed by atoms with Crippen molar-refractivity contribution < 1.29 is 13.2 Å². The summed E-state index contributed by atoms with van der Waals surface area (Å²) < 4.78 is 40.9. The van der Waals surface area contributed by atoms with Crippen LogP contribution in [0, 0.1) is 6.92 Å². The van der Waals surface area contributed by atoms with Crippen molar-refractivity contribution in [3.63, 3.8) is 0 Å². The van der Waals surface area contributed by atoms with Crippen molar-refractivity contribution in [1.82, 2.24) is 34.7 Å². The Morgan fingerprint density at radius 1 is 1.14 bits per heavy atom. The van der Waals surface area contributed by atoms with E-state index < -0.39 is 11.7 Å². The summed E-state index contributed by atoms with van der Waals surface area (Å²) in [6.45, 7) is 1.82. The van der Waals surface area contributed by atoms with Gasteiger partial charge in [0.1, 0.15) is 11.4 Å². The summed E-state index contributed by atoms with van der Waals surface area (Å²) in [6.07, 6.45) is 4.14.